The highest BCUT2D eigenvalue weighted by Crippen LogP contribution is 2.45. The summed E-state index contributed by atoms with van der Waals surface area (Å²) in [5.41, 5.74) is 4.40. The molecule has 1 rings (SSSR count). The highest BCUT2D eigenvalue weighted by molar-refractivity contribution is 7.85. The smallest absolute Gasteiger partial charge is 0.377 e. The zero-order valence-electron chi connectivity index (χ0n) is 38.7. The maximum atomic E-state index is 10.3. The fraction of sp³-hybridized carbons (Fsp3) is 0.864. The van der Waals surface area contributed by atoms with E-state index < -0.39 is 39.7 Å². The van der Waals surface area contributed by atoms with Gasteiger partial charge in [-0.1, -0.05) is 82.4 Å². The molecule has 0 aliphatic rings. The monoisotopic (exact) mass is 868 g/mol. The summed E-state index contributed by atoms with van der Waals surface area (Å²) in [6.07, 6.45) is 13.9. The van der Waals surface area contributed by atoms with Gasteiger partial charge < -0.3 is 42.4 Å². The van der Waals surface area contributed by atoms with Gasteiger partial charge in [0.25, 0.3) is 11.8 Å². The molecule has 0 aliphatic carbocycles. The molecule has 1 atom stereocenters. The minimum Gasteiger partial charge on any atom is -0.744 e. The van der Waals surface area contributed by atoms with E-state index in [2.05, 4.69) is 5.73 Å². The summed E-state index contributed by atoms with van der Waals surface area (Å²) < 4.78 is 93.5. The van der Waals surface area contributed by atoms with Crippen LogP contribution in [0.15, 0.2) is 35.2 Å². The molecule has 3 N–H and O–H groups in total. The Morgan fingerprint density at radius 3 is 1.22 bits per heavy atom. The van der Waals surface area contributed by atoms with Gasteiger partial charge in [0.1, 0.15) is 16.2 Å². The number of benzene rings is 1. The second-order valence-electron chi connectivity index (χ2n) is 13.8. The fourth-order valence-corrected chi connectivity index (χ4v) is 7.82. The number of unbranched alkanes of at least 4 members (excludes halogenated alkanes) is 10. The second-order valence-corrected chi connectivity index (χ2v) is 15.1. The van der Waals surface area contributed by atoms with Crippen molar-refractivity contribution in [2.75, 3.05) is 66.1 Å². The van der Waals surface area contributed by atoms with E-state index in [-0.39, 0.29) is 4.90 Å². The topological polar surface area (TPSA) is 177 Å². The summed E-state index contributed by atoms with van der Waals surface area (Å²) in [5.74, 6) is -5.63. The van der Waals surface area contributed by atoms with Crippen LogP contribution >= 0.6 is 0 Å². The molecule has 0 amide bonds. The van der Waals surface area contributed by atoms with E-state index >= 15 is 0 Å². The largest absolute Gasteiger partial charge is 0.744 e. The Morgan fingerprint density at radius 2 is 0.881 bits per heavy atom. The lowest BCUT2D eigenvalue weighted by Crippen LogP contribution is -2.92. The SMILES string of the molecule is CCOC(CCCCCCCCCCCCCC(OCC)(OCC)OCC)C(OCC)(OCC)C(OCC)(OCC)C([NH3+])(OCC)OCC.O=S(=O)([O-])c1ccccc1. The predicted octanol–water partition coefficient (Wildman–Crippen LogP) is 8.32. The minimum atomic E-state index is -4.25. The third-order valence-corrected chi connectivity index (χ3v) is 10.3. The molecule has 0 bridgehead atoms. The van der Waals surface area contributed by atoms with Gasteiger partial charge in [0.2, 0.25) is 0 Å². The van der Waals surface area contributed by atoms with Gasteiger partial charge in [0.05, 0.1) is 18.1 Å². The molecule has 1 aromatic carbocycles. The molecule has 1 aromatic rings. The van der Waals surface area contributed by atoms with E-state index in [1.54, 1.807) is 6.07 Å². The van der Waals surface area contributed by atoms with Crippen LogP contribution in [0.2, 0.25) is 0 Å². The first-order valence-corrected chi connectivity index (χ1v) is 24.0. The lowest BCUT2D eigenvalue weighted by atomic mass is 9.90. The Balaban J connectivity index is 0.00000290. The van der Waals surface area contributed by atoms with Crippen LogP contribution in [-0.4, -0.2) is 109 Å². The number of hydrogen-bond donors (Lipinski definition) is 1. The summed E-state index contributed by atoms with van der Waals surface area (Å²) >= 11 is 0. The Bertz CT molecular complexity index is 1190. The van der Waals surface area contributed by atoms with Crippen molar-refractivity contribution in [3.63, 3.8) is 0 Å². The van der Waals surface area contributed by atoms with Gasteiger partial charge >= 0.3 is 11.7 Å². The molecule has 0 saturated carbocycles. The van der Waals surface area contributed by atoms with E-state index in [9.17, 15) is 13.0 Å². The van der Waals surface area contributed by atoms with Crippen LogP contribution in [0.3, 0.4) is 0 Å². The average Bonchev–Trinajstić information content (AvgIpc) is 3.19. The third kappa shape index (κ3) is 19.7. The molecule has 0 aliphatic heterocycles. The van der Waals surface area contributed by atoms with Crippen molar-refractivity contribution in [2.24, 2.45) is 0 Å². The Kier molecular flexibility index (Phi) is 32.5. The van der Waals surface area contributed by atoms with Gasteiger partial charge in [-0.25, -0.2) is 8.42 Å². The van der Waals surface area contributed by atoms with Crippen LogP contribution < -0.4 is 5.73 Å². The molecule has 0 radical (unpaired) electrons. The molecular formula is C44H85NO13S. The summed E-state index contributed by atoms with van der Waals surface area (Å²) in [4.78, 5) is -0.185. The zero-order valence-corrected chi connectivity index (χ0v) is 39.5. The van der Waals surface area contributed by atoms with Crippen molar-refractivity contribution in [3.8, 4) is 0 Å². The molecule has 0 fully saturated rings. The van der Waals surface area contributed by atoms with Crippen molar-refractivity contribution in [3.05, 3.63) is 30.3 Å². The van der Waals surface area contributed by atoms with E-state index in [1.165, 1.54) is 75.6 Å². The molecule has 59 heavy (non-hydrogen) atoms. The van der Waals surface area contributed by atoms with Crippen molar-refractivity contribution in [2.45, 2.75) is 187 Å². The zero-order chi connectivity index (χ0) is 44.5. The fourth-order valence-electron chi connectivity index (χ4n) is 7.33. The average molecular weight is 868 g/mol. The van der Waals surface area contributed by atoms with Gasteiger partial charge in [-0.2, -0.15) is 0 Å². The van der Waals surface area contributed by atoms with Crippen molar-refractivity contribution in [1.29, 1.82) is 0 Å². The first-order chi connectivity index (χ1) is 28.3. The molecule has 0 saturated heterocycles. The first-order valence-electron chi connectivity index (χ1n) is 22.5. The lowest BCUT2D eigenvalue weighted by molar-refractivity contribution is -0.707. The molecule has 0 spiro atoms. The van der Waals surface area contributed by atoms with Crippen LogP contribution in [0.5, 0.6) is 0 Å². The van der Waals surface area contributed by atoms with Gasteiger partial charge in [0, 0.05) is 59.3 Å². The molecule has 1 unspecified atom stereocenters. The first kappa shape index (κ1) is 57.7. The number of quaternary nitrogens is 1. The molecule has 14 nitrogen and oxygen atoms in total. The van der Waals surface area contributed by atoms with Crippen LogP contribution in [0.1, 0.15) is 153 Å². The maximum absolute atomic E-state index is 10.3. The third-order valence-electron chi connectivity index (χ3n) is 9.49. The molecule has 0 heterocycles. The quantitative estimate of drug-likeness (QED) is 0.0382. The van der Waals surface area contributed by atoms with Crippen molar-refractivity contribution >= 4 is 10.1 Å². The van der Waals surface area contributed by atoms with E-state index in [0.717, 1.165) is 25.7 Å². The molecular weight excluding hydrogens is 783 g/mol. The Labute approximate surface area is 358 Å². The summed E-state index contributed by atoms with van der Waals surface area (Å²) in [6.45, 7) is 23.6. The van der Waals surface area contributed by atoms with Gasteiger partial charge in [-0.05, 0) is 94.2 Å². The minimum absolute atomic E-state index is 0.185. The van der Waals surface area contributed by atoms with E-state index in [4.69, 9.17) is 47.4 Å². The summed E-state index contributed by atoms with van der Waals surface area (Å²) in [7, 11) is -4.25. The van der Waals surface area contributed by atoms with Crippen LogP contribution in [-0.2, 0) is 57.5 Å². The molecule has 350 valence electrons. The van der Waals surface area contributed by atoms with Crippen LogP contribution in [0, 0.1) is 0 Å². The maximum Gasteiger partial charge on any atom is 0.377 e. The predicted molar refractivity (Wildman–Crippen MR) is 228 cm³/mol. The summed E-state index contributed by atoms with van der Waals surface area (Å²) in [6, 6.07) is 7.19. The highest BCUT2D eigenvalue weighted by atomic mass is 32.2. The van der Waals surface area contributed by atoms with Gasteiger partial charge in [0.15, 0.2) is 0 Å². The summed E-state index contributed by atoms with van der Waals surface area (Å²) in [5, 5.41) is 0. The van der Waals surface area contributed by atoms with Gasteiger partial charge in [-0.3, -0.25) is 15.2 Å². The molecule has 0 aromatic heterocycles. The highest BCUT2D eigenvalue weighted by Gasteiger charge is 2.75. The van der Waals surface area contributed by atoms with E-state index in [1.807, 2.05) is 69.2 Å². The number of ether oxygens (including phenoxy) is 10. The lowest BCUT2D eigenvalue weighted by Gasteiger charge is -2.54. The number of hydrogen-bond acceptors (Lipinski definition) is 13. The molecule has 15 heteroatoms. The van der Waals surface area contributed by atoms with E-state index in [0.29, 0.717) is 72.5 Å². The Morgan fingerprint density at radius 1 is 0.508 bits per heavy atom. The van der Waals surface area contributed by atoms with Crippen LogP contribution in [0.25, 0.3) is 0 Å². The Hall–Kier alpha value is -1.31. The van der Waals surface area contributed by atoms with Crippen molar-refractivity contribution in [1.82, 2.24) is 0 Å². The van der Waals surface area contributed by atoms with Crippen LogP contribution in [0.4, 0.5) is 0 Å². The second kappa shape index (κ2) is 33.3. The van der Waals surface area contributed by atoms with Crippen molar-refractivity contribution < 1.29 is 66.1 Å². The number of rotatable bonds is 38. The normalized spacial score (nSPS) is 13.4. The standard InChI is InChI=1S/C38H79NO10.C6H6O3S/c1-11-40-34(36(44-15-5,45-16-6)37(46-17-7,47-18-8)38(39,48-19-9)49-20-10)32-30-28-26-24-22-21-23-25-27-29-31-33-35(41-12-2,42-13-3)43-14-4;7-10(8,9)6-4-2-1-3-5-6/h34H,11-33,39H2,1-10H3;1-5H,(H,7,8,9). The van der Waals surface area contributed by atoms with Gasteiger partial charge in [-0.15, -0.1) is 0 Å².